The van der Waals surface area contributed by atoms with Crippen LogP contribution in [0.15, 0.2) is 47.4 Å². The molecule has 0 heterocycles. The van der Waals surface area contributed by atoms with Crippen molar-refractivity contribution in [2.24, 2.45) is 5.14 Å². The van der Waals surface area contributed by atoms with Crippen LogP contribution in [-0.4, -0.2) is 8.42 Å². The Balaban J connectivity index is 2.16. The molecule has 0 spiro atoms. The summed E-state index contributed by atoms with van der Waals surface area (Å²) in [6.07, 6.45) is 0. The highest BCUT2D eigenvalue weighted by Crippen LogP contribution is 2.20. The highest BCUT2D eigenvalue weighted by molar-refractivity contribution is 7.89. The molecule has 0 aromatic heterocycles. The van der Waals surface area contributed by atoms with E-state index in [-0.39, 0.29) is 4.90 Å². The number of nitriles is 1. The lowest BCUT2D eigenvalue weighted by atomic mass is 10.1. The standard InChI is InChI=1S/C14H14N4O2S/c15-8-10-1-3-11(4-2-10)9-18-13-5-12(16)6-14(7-13)21(17,19)20/h1-7,18H,9,16H2,(H2,17,19,20). The molecule has 0 saturated heterocycles. The first-order chi connectivity index (χ1) is 9.88. The molecule has 0 aliphatic rings. The number of nitrogens with zero attached hydrogens (tertiary/aromatic N) is 1. The number of anilines is 2. The summed E-state index contributed by atoms with van der Waals surface area (Å²) in [6.45, 7) is 0.471. The Morgan fingerprint density at radius 3 is 2.38 bits per heavy atom. The molecule has 0 radical (unpaired) electrons. The zero-order valence-electron chi connectivity index (χ0n) is 11.1. The van der Waals surface area contributed by atoms with E-state index in [1.165, 1.54) is 12.1 Å². The molecule has 0 amide bonds. The average Bonchev–Trinajstić information content (AvgIpc) is 2.44. The number of nitrogen functional groups attached to an aromatic ring is 1. The van der Waals surface area contributed by atoms with E-state index in [0.717, 1.165) is 5.56 Å². The van der Waals surface area contributed by atoms with Gasteiger partial charge in [0.2, 0.25) is 10.0 Å². The summed E-state index contributed by atoms with van der Waals surface area (Å²) in [7, 11) is -3.80. The van der Waals surface area contributed by atoms with E-state index in [9.17, 15) is 8.42 Å². The van der Waals surface area contributed by atoms with Crippen LogP contribution in [0.3, 0.4) is 0 Å². The quantitative estimate of drug-likeness (QED) is 0.737. The molecule has 108 valence electrons. The van der Waals surface area contributed by atoms with Gasteiger partial charge in [-0.15, -0.1) is 0 Å². The number of sulfonamides is 1. The zero-order chi connectivity index (χ0) is 15.5. The average molecular weight is 302 g/mol. The molecule has 0 fully saturated rings. The van der Waals surface area contributed by atoms with E-state index in [2.05, 4.69) is 5.32 Å². The van der Waals surface area contributed by atoms with Crippen molar-refractivity contribution in [1.82, 2.24) is 0 Å². The van der Waals surface area contributed by atoms with Crippen LogP contribution in [0.5, 0.6) is 0 Å². The second-order valence-corrected chi connectivity index (χ2v) is 6.06. The Morgan fingerprint density at radius 1 is 1.14 bits per heavy atom. The van der Waals surface area contributed by atoms with E-state index in [1.54, 1.807) is 18.2 Å². The van der Waals surface area contributed by atoms with Gasteiger partial charge in [-0.2, -0.15) is 5.26 Å². The highest BCUT2D eigenvalue weighted by Gasteiger charge is 2.09. The molecule has 0 atom stereocenters. The molecular weight excluding hydrogens is 288 g/mol. The summed E-state index contributed by atoms with van der Waals surface area (Å²) in [5.41, 5.74) is 8.07. The van der Waals surface area contributed by atoms with Gasteiger partial charge < -0.3 is 11.1 Å². The topological polar surface area (TPSA) is 122 Å². The Labute approximate surface area is 123 Å². The number of nitrogens with two attached hydrogens (primary N) is 2. The third kappa shape index (κ3) is 3.95. The maximum absolute atomic E-state index is 11.3. The number of primary sulfonamides is 1. The maximum atomic E-state index is 11.3. The second kappa shape index (κ2) is 5.83. The Bertz CT molecular complexity index is 793. The molecule has 0 saturated carbocycles. The lowest BCUT2D eigenvalue weighted by Gasteiger charge is -2.09. The van der Waals surface area contributed by atoms with Crippen LogP contribution in [0.1, 0.15) is 11.1 Å². The van der Waals surface area contributed by atoms with Crippen molar-refractivity contribution in [2.75, 3.05) is 11.1 Å². The van der Waals surface area contributed by atoms with Crippen LogP contribution in [0, 0.1) is 11.3 Å². The summed E-state index contributed by atoms with van der Waals surface area (Å²) in [5, 5.41) is 16.9. The summed E-state index contributed by atoms with van der Waals surface area (Å²) in [4.78, 5) is -0.0372. The Kier molecular flexibility index (Phi) is 4.12. The molecule has 0 aliphatic carbocycles. The molecular formula is C14H14N4O2S. The van der Waals surface area contributed by atoms with Gasteiger partial charge >= 0.3 is 0 Å². The number of rotatable bonds is 4. The van der Waals surface area contributed by atoms with Crippen LogP contribution in [0.25, 0.3) is 0 Å². The molecule has 0 aliphatic heterocycles. The number of nitrogens with one attached hydrogen (secondary N) is 1. The fraction of sp³-hybridized carbons (Fsp3) is 0.0714. The fourth-order valence-electron chi connectivity index (χ4n) is 1.79. The fourth-order valence-corrected chi connectivity index (χ4v) is 2.38. The Hall–Kier alpha value is -2.56. The lowest BCUT2D eigenvalue weighted by Crippen LogP contribution is -2.13. The SMILES string of the molecule is N#Cc1ccc(CNc2cc(N)cc(S(N)(=O)=O)c2)cc1. The molecule has 21 heavy (non-hydrogen) atoms. The van der Waals surface area contributed by atoms with Gasteiger partial charge in [0.05, 0.1) is 16.5 Å². The summed E-state index contributed by atoms with van der Waals surface area (Å²) in [5.74, 6) is 0. The van der Waals surface area contributed by atoms with Gasteiger partial charge in [-0.3, -0.25) is 0 Å². The zero-order valence-corrected chi connectivity index (χ0v) is 11.9. The van der Waals surface area contributed by atoms with Crippen LogP contribution in [-0.2, 0) is 16.6 Å². The summed E-state index contributed by atoms with van der Waals surface area (Å²) >= 11 is 0. The van der Waals surface area contributed by atoms with Gasteiger partial charge in [-0.25, -0.2) is 13.6 Å². The minimum absolute atomic E-state index is 0.0372. The molecule has 7 heteroatoms. The van der Waals surface area contributed by atoms with Crippen molar-refractivity contribution in [1.29, 1.82) is 5.26 Å². The van der Waals surface area contributed by atoms with Crippen molar-refractivity contribution < 1.29 is 8.42 Å². The largest absolute Gasteiger partial charge is 0.399 e. The number of hydrogen-bond acceptors (Lipinski definition) is 5. The second-order valence-electron chi connectivity index (χ2n) is 4.50. The monoisotopic (exact) mass is 302 g/mol. The predicted octanol–water partition coefficient (Wildman–Crippen LogP) is 1.40. The van der Waals surface area contributed by atoms with Crippen molar-refractivity contribution in [3.63, 3.8) is 0 Å². The first-order valence-electron chi connectivity index (χ1n) is 6.05. The van der Waals surface area contributed by atoms with Gasteiger partial charge in [-0.1, -0.05) is 12.1 Å². The third-order valence-corrected chi connectivity index (χ3v) is 3.73. The van der Waals surface area contributed by atoms with Gasteiger partial charge in [0.15, 0.2) is 0 Å². The molecule has 2 aromatic carbocycles. The predicted molar refractivity (Wildman–Crippen MR) is 80.7 cm³/mol. The summed E-state index contributed by atoms with van der Waals surface area (Å²) in [6, 6.07) is 13.5. The molecule has 0 unspecified atom stereocenters. The maximum Gasteiger partial charge on any atom is 0.238 e. The van der Waals surface area contributed by atoms with Gasteiger partial charge in [0.25, 0.3) is 0 Å². The molecule has 5 N–H and O–H groups in total. The van der Waals surface area contributed by atoms with Crippen LogP contribution in [0.4, 0.5) is 11.4 Å². The normalized spacial score (nSPS) is 10.9. The minimum atomic E-state index is -3.80. The van der Waals surface area contributed by atoms with E-state index in [4.69, 9.17) is 16.1 Å². The molecule has 2 aromatic rings. The van der Waals surface area contributed by atoms with E-state index < -0.39 is 10.0 Å². The van der Waals surface area contributed by atoms with Crippen molar-refractivity contribution in [3.05, 3.63) is 53.6 Å². The smallest absolute Gasteiger partial charge is 0.238 e. The van der Waals surface area contributed by atoms with Crippen molar-refractivity contribution in [2.45, 2.75) is 11.4 Å². The summed E-state index contributed by atoms with van der Waals surface area (Å²) < 4.78 is 22.7. The molecule has 0 bridgehead atoms. The highest BCUT2D eigenvalue weighted by atomic mass is 32.2. The van der Waals surface area contributed by atoms with Crippen molar-refractivity contribution >= 4 is 21.4 Å². The third-order valence-electron chi connectivity index (χ3n) is 2.84. The van der Waals surface area contributed by atoms with Gasteiger partial charge in [0, 0.05) is 17.9 Å². The van der Waals surface area contributed by atoms with Crippen LogP contribution in [0.2, 0.25) is 0 Å². The Morgan fingerprint density at radius 2 is 1.81 bits per heavy atom. The molecule has 2 rings (SSSR count). The lowest BCUT2D eigenvalue weighted by molar-refractivity contribution is 0.598. The molecule has 6 nitrogen and oxygen atoms in total. The van der Waals surface area contributed by atoms with Crippen molar-refractivity contribution in [3.8, 4) is 6.07 Å². The first-order valence-corrected chi connectivity index (χ1v) is 7.59. The van der Waals surface area contributed by atoms with Gasteiger partial charge in [0.1, 0.15) is 0 Å². The van der Waals surface area contributed by atoms with Gasteiger partial charge in [-0.05, 0) is 35.9 Å². The van der Waals surface area contributed by atoms with Crippen LogP contribution >= 0.6 is 0 Å². The number of benzene rings is 2. The minimum Gasteiger partial charge on any atom is -0.399 e. The van der Waals surface area contributed by atoms with E-state index in [1.807, 2.05) is 18.2 Å². The van der Waals surface area contributed by atoms with E-state index >= 15 is 0 Å². The first kappa shape index (κ1) is 14.8. The number of hydrogen-bond donors (Lipinski definition) is 3. The van der Waals surface area contributed by atoms with E-state index in [0.29, 0.717) is 23.5 Å². The van der Waals surface area contributed by atoms with Crippen LogP contribution < -0.4 is 16.2 Å².